The van der Waals surface area contributed by atoms with Crippen LogP contribution < -0.4 is 9.64 Å². The number of benzene rings is 2. The molecule has 108 valence electrons. The van der Waals surface area contributed by atoms with E-state index < -0.39 is 0 Å². The van der Waals surface area contributed by atoms with Gasteiger partial charge in [0, 0.05) is 28.0 Å². The van der Waals surface area contributed by atoms with Gasteiger partial charge in [0.05, 0.1) is 0 Å². The summed E-state index contributed by atoms with van der Waals surface area (Å²) in [6.45, 7) is 0.714. The summed E-state index contributed by atoms with van der Waals surface area (Å²) in [5, 5.41) is 0. The molecule has 0 saturated carbocycles. The van der Waals surface area contributed by atoms with Crippen molar-refractivity contribution < 1.29 is 9.53 Å². The minimum Gasteiger partial charge on any atom is -0.457 e. The van der Waals surface area contributed by atoms with Crippen LogP contribution in [0.1, 0.15) is 6.42 Å². The Balaban J connectivity index is 1.72. The maximum atomic E-state index is 11.9. The van der Waals surface area contributed by atoms with Gasteiger partial charge in [-0.15, -0.1) is 0 Å². The first-order chi connectivity index (χ1) is 10.1. The van der Waals surface area contributed by atoms with Gasteiger partial charge < -0.3 is 9.64 Å². The number of hydrogen-bond acceptors (Lipinski definition) is 2. The highest BCUT2D eigenvalue weighted by molar-refractivity contribution is 9.10. The molecule has 0 radical (unpaired) electrons. The molecule has 0 aliphatic carbocycles. The van der Waals surface area contributed by atoms with Crippen LogP contribution in [-0.2, 0) is 4.79 Å². The maximum Gasteiger partial charge on any atom is 0.228 e. The smallest absolute Gasteiger partial charge is 0.228 e. The fourth-order valence-corrected chi connectivity index (χ4v) is 3.08. The predicted octanol–water partition coefficient (Wildman–Crippen LogP) is 4.74. The Morgan fingerprint density at radius 2 is 1.57 bits per heavy atom. The SMILES string of the molecule is O=C1CC(Br)CN1c1ccc(Oc2ccc(Br)cc2)cc1. The minimum atomic E-state index is 0.151. The topological polar surface area (TPSA) is 29.5 Å². The second-order valence-electron chi connectivity index (χ2n) is 4.86. The Labute approximate surface area is 140 Å². The van der Waals surface area contributed by atoms with Gasteiger partial charge in [-0.25, -0.2) is 0 Å². The van der Waals surface area contributed by atoms with Crippen LogP contribution in [0.4, 0.5) is 5.69 Å². The summed E-state index contributed by atoms with van der Waals surface area (Å²) in [6.07, 6.45) is 0.553. The summed E-state index contributed by atoms with van der Waals surface area (Å²) >= 11 is 6.88. The Kier molecular flexibility index (Phi) is 4.31. The molecule has 1 amide bonds. The van der Waals surface area contributed by atoms with Gasteiger partial charge in [0.1, 0.15) is 11.5 Å². The molecule has 1 atom stereocenters. The number of hydrogen-bond donors (Lipinski definition) is 0. The van der Waals surface area contributed by atoms with Crippen molar-refractivity contribution in [1.82, 2.24) is 0 Å². The summed E-state index contributed by atoms with van der Waals surface area (Å²) in [4.78, 5) is 13.9. The number of alkyl halides is 1. The molecule has 3 rings (SSSR count). The van der Waals surface area contributed by atoms with E-state index in [4.69, 9.17) is 4.74 Å². The fourth-order valence-electron chi connectivity index (χ4n) is 2.25. The van der Waals surface area contributed by atoms with Crippen molar-refractivity contribution in [2.24, 2.45) is 0 Å². The summed E-state index contributed by atoms with van der Waals surface area (Å²) < 4.78 is 6.78. The minimum absolute atomic E-state index is 0.151. The number of halogens is 2. The lowest BCUT2D eigenvalue weighted by Crippen LogP contribution is -2.24. The van der Waals surface area contributed by atoms with Gasteiger partial charge in [-0.05, 0) is 48.5 Å². The highest BCUT2D eigenvalue weighted by Gasteiger charge is 2.28. The zero-order valence-electron chi connectivity index (χ0n) is 11.1. The van der Waals surface area contributed by atoms with E-state index in [0.717, 1.165) is 21.7 Å². The molecular formula is C16H13Br2NO2. The zero-order chi connectivity index (χ0) is 14.8. The number of carbonyl (C=O) groups is 1. The largest absolute Gasteiger partial charge is 0.457 e. The van der Waals surface area contributed by atoms with E-state index in [2.05, 4.69) is 31.9 Å². The predicted molar refractivity (Wildman–Crippen MR) is 90.3 cm³/mol. The van der Waals surface area contributed by atoms with Crippen molar-refractivity contribution in [2.45, 2.75) is 11.2 Å². The normalized spacial score (nSPS) is 18.1. The van der Waals surface area contributed by atoms with Gasteiger partial charge in [-0.3, -0.25) is 4.79 Å². The van der Waals surface area contributed by atoms with Gasteiger partial charge in [0.15, 0.2) is 0 Å². The van der Waals surface area contributed by atoms with Crippen LogP contribution in [0.25, 0.3) is 0 Å². The molecule has 5 heteroatoms. The molecule has 1 saturated heterocycles. The highest BCUT2D eigenvalue weighted by atomic mass is 79.9. The van der Waals surface area contributed by atoms with Crippen LogP contribution in [0.5, 0.6) is 11.5 Å². The molecule has 2 aromatic rings. The summed E-state index contributed by atoms with van der Waals surface area (Å²) in [5.41, 5.74) is 0.908. The van der Waals surface area contributed by atoms with Crippen molar-refractivity contribution in [3.63, 3.8) is 0 Å². The monoisotopic (exact) mass is 409 g/mol. The van der Waals surface area contributed by atoms with E-state index in [0.29, 0.717) is 13.0 Å². The number of carbonyl (C=O) groups excluding carboxylic acids is 1. The van der Waals surface area contributed by atoms with Crippen molar-refractivity contribution in [1.29, 1.82) is 0 Å². The van der Waals surface area contributed by atoms with Crippen molar-refractivity contribution in [3.05, 3.63) is 53.0 Å². The molecule has 1 unspecified atom stereocenters. The third-order valence-electron chi connectivity index (χ3n) is 3.28. The van der Waals surface area contributed by atoms with Crippen LogP contribution in [-0.4, -0.2) is 17.3 Å². The summed E-state index contributed by atoms with van der Waals surface area (Å²) in [6, 6.07) is 15.3. The first kappa shape index (κ1) is 14.6. The quantitative estimate of drug-likeness (QED) is 0.683. The number of ether oxygens (including phenoxy) is 1. The molecule has 2 aromatic carbocycles. The highest BCUT2D eigenvalue weighted by Crippen LogP contribution is 2.29. The lowest BCUT2D eigenvalue weighted by molar-refractivity contribution is -0.117. The Morgan fingerprint density at radius 3 is 2.10 bits per heavy atom. The Morgan fingerprint density at radius 1 is 1.00 bits per heavy atom. The molecule has 0 spiro atoms. The van der Waals surface area contributed by atoms with Crippen LogP contribution in [0.3, 0.4) is 0 Å². The second kappa shape index (κ2) is 6.20. The average Bonchev–Trinajstić information content (AvgIpc) is 2.81. The molecule has 0 aromatic heterocycles. The van der Waals surface area contributed by atoms with E-state index in [-0.39, 0.29) is 10.7 Å². The maximum absolute atomic E-state index is 11.9. The van der Waals surface area contributed by atoms with Crippen LogP contribution >= 0.6 is 31.9 Å². The van der Waals surface area contributed by atoms with Gasteiger partial charge in [0.2, 0.25) is 5.91 Å². The van der Waals surface area contributed by atoms with Crippen molar-refractivity contribution in [2.75, 3.05) is 11.4 Å². The second-order valence-corrected chi connectivity index (χ2v) is 7.07. The number of nitrogens with zero attached hydrogens (tertiary/aromatic N) is 1. The lowest BCUT2D eigenvalue weighted by atomic mass is 10.2. The van der Waals surface area contributed by atoms with Gasteiger partial charge >= 0.3 is 0 Å². The van der Waals surface area contributed by atoms with E-state index in [1.807, 2.05) is 48.5 Å². The third kappa shape index (κ3) is 3.47. The van der Waals surface area contributed by atoms with Crippen LogP contribution in [0.2, 0.25) is 0 Å². The molecule has 0 bridgehead atoms. The van der Waals surface area contributed by atoms with Crippen LogP contribution in [0.15, 0.2) is 53.0 Å². The molecule has 3 nitrogen and oxygen atoms in total. The first-order valence-electron chi connectivity index (χ1n) is 6.60. The van der Waals surface area contributed by atoms with Crippen molar-refractivity contribution >= 4 is 43.5 Å². The first-order valence-corrected chi connectivity index (χ1v) is 8.30. The number of anilines is 1. The van der Waals surface area contributed by atoms with Crippen molar-refractivity contribution in [3.8, 4) is 11.5 Å². The van der Waals surface area contributed by atoms with Gasteiger partial charge in [-0.2, -0.15) is 0 Å². The van der Waals surface area contributed by atoms with Gasteiger partial charge in [-0.1, -0.05) is 31.9 Å². The third-order valence-corrected chi connectivity index (χ3v) is 4.42. The average molecular weight is 411 g/mol. The molecule has 1 heterocycles. The zero-order valence-corrected chi connectivity index (χ0v) is 14.3. The molecule has 1 aliphatic rings. The van der Waals surface area contributed by atoms with E-state index >= 15 is 0 Å². The number of rotatable bonds is 3. The summed E-state index contributed by atoms with van der Waals surface area (Å²) in [7, 11) is 0. The van der Waals surface area contributed by atoms with E-state index in [1.54, 1.807) is 4.90 Å². The number of amides is 1. The van der Waals surface area contributed by atoms with Crippen LogP contribution in [0, 0.1) is 0 Å². The Hall–Kier alpha value is -1.33. The molecule has 1 fully saturated rings. The standard InChI is InChI=1S/C16H13Br2NO2/c17-11-1-5-14(6-2-11)21-15-7-3-13(4-8-15)19-10-12(18)9-16(19)20/h1-8,12H,9-10H2. The van der Waals surface area contributed by atoms with E-state index in [1.165, 1.54) is 0 Å². The Bertz CT molecular complexity index is 640. The molecule has 0 N–H and O–H groups in total. The molecule has 1 aliphatic heterocycles. The molecular weight excluding hydrogens is 398 g/mol. The van der Waals surface area contributed by atoms with Gasteiger partial charge in [0.25, 0.3) is 0 Å². The molecule has 21 heavy (non-hydrogen) atoms. The summed E-state index contributed by atoms with van der Waals surface area (Å²) in [5.74, 6) is 1.69. The van der Waals surface area contributed by atoms with E-state index in [9.17, 15) is 4.79 Å². The fraction of sp³-hybridized carbons (Fsp3) is 0.188. The lowest BCUT2D eigenvalue weighted by Gasteiger charge is -2.16.